The number of nitrogen functional groups attached to an aromatic ring is 1. The van der Waals surface area contributed by atoms with Crippen molar-refractivity contribution < 1.29 is 18.7 Å². The van der Waals surface area contributed by atoms with Gasteiger partial charge in [0.25, 0.3) is 0 Å². The lowest BCUT2D eigenvalue weighted by atomic mass is 10.0. The van der Waals surface area contributed by atoms with Crippen LogP contribution in [0.25, 0.3) is 11.1 Å². The molecule has 0 aliphatic rings. The zero-order valence-electron chi connectivity index (χ0n) is 14.3. The minimum atomic E-state index is -1.34. The van der Waals surface area contributed by atoms with Gasteiger partial charge in [-0.1, -0.05) is 11.6 Å². The van der Waals surface area contributed by atoms with Gasteiger partial charge in [-0.3, -0.25) is 4.68 Å². The van der Waals surface area contributed by atoms with E-state index < -0.39 is 17.6 Å². The normalized spacial score (nSPS) is 10.9. The second-order valence-electron chi connectivity index (χ2n) is 5.90. The first-order chi connectivity index (χ1) is 12.7. The molecule has 0 spiro atoms. The summed E-state index contributed by atoms with van der Waals surface area (Å²) >= 11 is 6.18. The molecule has 140 valence electrons. The van der Waals surface area contributed by atoms with E-state index in [0.717, 1.165) is 12.1 Å². The molecule has 27 heavy (non-hydrogen) atoms. The molecule has 4 N–H and O–H groups in total. The molecule has 3 aromatic rings. The molecule has 0 fully saturated rings. The van der Waals surface area contributed by atoms with E-state index in [1.165, 1.54) is 22.9 Å². The number of benzene rings is 2. The number of nitrogens with one attached hydrogen (secondary N) is 1. The monoisotopic (exact) mass is 392 g/mol. The maximum Gasteiger partial charge on any atom is 0.338 e. The third kappa shape index (κ3) is 3.43. The van der Waals surface area contributed by atoms with E-state index >= 15 is 0 Å². The van der Waals surface area contributed by atoms with Crippen molar-refractivity contribution in [2.24, 2.45) is 7.05 Å². The van der Waals surface area contributed by atoms with Crippen LogP contribution in [0.4, 0.5) is 26.0 Å². The van der Waals surface area contributed by atoms with Crippen molar-refractivity contribution in [2.75, 3.05) is 11.1 Å². The third-order valence-electron chi connectivity index (χ3n) is 4.03. The van der Waals surface area contributed by atoms with Gasteiger partial charge in [-0.25, -0.2) is 13.6 Å². The van der Waals surface area contributed by atoms with Crippen molar-refractivity contribution in [3.05, 3.63) is 58.2 Å². The fourth-order valence-electron chi connectivity index (χ4n) is 2.87. The lowest BCUT2D eigenvalue weighted by Gasteiger charge is -2.15. The number of carbonyl (C=O) groups is 1. The highest BCUT2D eigenvalue weighted by molar-refractivity contribution is 6.33. The minimum absolute atomic E-state index is 0.0198. The summed E-state index contributed by atoms with van der Waals surface area (Å²) in [6.45, 7) is 1.73. The SMILES string of the molecule is Cc1nn(C)c(Nc2c(N)cc(F)cc2C(=O)O)c1-c1ccc(F)cc1Cl. The van der Waals surface area contributed by atoms with E-state index in [1.54, 1.807) is 14.0 Å². The largest absolute Gasteiger partial charge is 0.478 e. The van der Waals surface area contributed by atoms with Crippen LogP contribution in [-0.4, -0.2) is 20.9 Å². The molecule has 0 aliphatic carbocycles. The number of anilines is 3. The summed E-state index contributed by atoms with van der Waals surface area (Å²) in [4.78, 5) is 11.5. The highest BCUT2D eigenvalue weighted by atomic mass is 35.5. The van der Waals surface area contributed by atoms with Gasteiger partial charge in [-0.05, 0) is 37.3 Å². The second-order valence-corrected chi connectivity index (χ2v) is 6.31. The Bertz CT molecular complexity index is 1070. The Kier molecular flexibility index (Phi) is 4.75. The molecule has 0 aliphatic heterocycles. The number of carboxylic acids is 1. The average Bonchev–Trinajstić information content (AvgIpc) is 2.83. The summed E-state index contributed by atoms with van der Waals surface area (Å²) in [7, 11) is 1.64. The number of nitrogens with two attached hydrogens (primary N) is 1. The molecule has 1 heterocycles. The van der Waals surface area contributed by atoms with Gasteiger partial charge in [0.05, 0.1) is 27.7 Å². The zero-order valence-corrected chi connectivity index (χ0v) is 15.1. The van der Waals surface area contributed by atoms with Crippen molar-refractivity contribution in [3.8, 4) is 11.1 Å². The number of nitrogens with zero attached hydrogens (tertiary/aromatic N) is 2. The van der Waals surface area contributed by atoms with E-state index in [0.29, 0.717) is 22.6 Å². The molecule has 6 nitrogen and oxygen atoms in total. The zero-order chi connectivity index (χ0) is 19.9. The number of carboxylic acid groups (broad SMARTS) is 1. The lowest BCUT2D eigenvalue weighted by molar-refractivity contribution is 0.0697. The van der Waals surface area contributed by atoms with E-state index in [1.807, 2.05) is 0 Å². The van der Waals surface area contributed by atoms with Crippen molar-refractivity contribution in [2.45, 2.75) is 6.92 Å². The predicted molar refractivity (Wildman–Crippen MR) is 99.4 cm³/mol. The van der Waals surface area contributed by atoms with Crippen LogP contribution in [0.3, 0.4) is 0 Å². The summed E-state index contributed by atoms with van der Waals surface area (Å²) in [5.41, 5.74) is 7.06. The highest BCUT2D eigenvalue weighted by Gasteiger charge is 2.22. The smallest absolute Gasteiger partial charge is 0.338 e. The van der Waals surface area contributed by atoms with Crippen molar-refractivity contribution in [3.63, 3.8) is 0 Å². The summed E-state index contributed by atoms with van der Waals surface area (Å²) in [5.74, 6) is -2.22. The quantitative estimate of drug-likeness (QED) is 0.574. The van der Waals surface area contributed by atoms with Crippen LogP contribution in [0.1, 0.15) is 16.1 Å². The molecule has 0 unspecified atom stereocenters. The Balaban J connectivity index is 2.20. The Morgan fingerprint density at radius 2 is 1.96 bits per heavy atom. The van der Waals surface area contributed by atoms with E-state index in [-0.39, 0.29) is 22.0 Å². The highest BCUT2D eigenvalue weighted by Crippen LogP contribution is 2.39. The Labute approximate surface area is 158 Å². The van der Waals surface area contributed by atoms with Gasteiger partial charge >= 0.3 is 5.97 Å². The number of hydrogen-bond acceptors (Lipinski definition) is 4. The predicted octanol–water partition coefficient (Wildman–Crippen LogP) is 4.35. The van der Waals surface area contributed by atoms with Gasteiger partial charge in [0, 0.05) is 18.2 Å². The van der Waals surface area contributed by atoms with Gasteiger partial charge in [0.1, 0.15) is 17.5 Å². The first kappa shape index (κ1) is 18.7. The van der Waals surface area contributed by atoms with E-state index in [4.69, 9.17) is 17.3 Å². The molecule has 3 rings (SSSR count). The molecule has 0 radical (unpaired) electrons. The van der Waals surface area contributed by atoms with Gasteiger partial charge in [-0.2, -0.15) is 5.10 Å². The first-order valence-electron chi connectivity index (χ1n) is 7.77. The van der Waals surface area contributed by atoms with Crippen LogP contribution < -0.4 is 11.1 Å². The van der Waals surface area contributed by atoms with Crippen LogP contribution in [0.2, 0.25) is 5.02 Å². The van der Waals surface area contributed by atoms with Gasteiger partial charge in [0.15, 0.2) is 0 Å². The Hall–Kier alpha value is -3.13. The van der Waals surface area contributed by atoms with E-state index in [9.17, 15) is 18.7 Å². The number of aromatic nitrogens is 2. The first-order valence-corrected chi connectivity index (χ1v) is 8.15. The average molecular weight is 393 g/mol. The molecule has 0 bridgehead atoms. The summed E-state index contributed by atoms with van der Waals surface area (Å²) in [6, 6.07) is 5.81. The van der Waals surface area contributed by atoms with E-state index in [2.05, 4.69) is 10.4 Å². The Morgan fingerprint density at radius 3 is 2.59 bits per heavy atom. The molecular formula is C18H15ClF2N4O2. The molecule has 2 aromatic carbocycles. The second kappa shape index (κ2) is 6.88. The van der Waals surface area contributed by atoms with Crippen LogP contribution in [0, 0.1) is 18.6 Å². The number of halogens is 3. The van der Waals surface area contributed by atoms with Gasteiger partial charge < -0.3 is 16.2 Å². The summed E-state index contributed by atoms with van der Waals surface area (Å²) < 4.78 is 28.5. The number of aryl methyl sites for hydroxylation is 2. The molecule has 0 saturated carbocycles. The van der Waals surface area contributed by atoms with Crippen molar-refractivity contribution in [1.82, 2.24) is 9.78 Å². The number of rotatable bonds is 4. The molecule has 1 aromatic heterocycles. The minimum Gasteiger partial charge on any atom is -0.478 e. The van der Waals surface area contributed by atoms with Crippen molar-refractivity contribution in [1.29, 1.82) is 0 Å². The number of aromatic carboxylic acids is 1. The topological polar surface area (TPSA) is 93.2 Å². The van der Waals surface area contributed by atoms with Gasteiger partial charge in [0.2, 0.25) is 0 Å². The standard InChI is InChI=1S/C18H15ClF2N4O2/c1-8-15(11-4-3-9(20)6-13(11)19)17(25(2)24-8)23-16-12(18(26)27)5-10(21)7-14(16)22/h3-7,23H,22H2,1-2H3,(H,26,27). The fraction of sp³-hybridized carbons (Fsp3) is 0.111. The third-order valence-corrected chi connectivity index (χ3v) is 4.34. The molecule has 9 heteroatoms. The van der Waals surface area contributed by atoms with Crippen LogP contribution >= 0.6 is 11.6 Å². The fourth-order valence-corrected chi connectivity index (χ4v) is 3.13. The summed E-state index contributed by atoms with van der Waals surface area (Å²) in [6.07, 6.45) is 0. The molecule has 0 atom stereocenters. The lowest BCUT2D eigenvalue weighted by Crippen LogP contribution is -2.09. The molecule has 0 saturated heterocycles. The van der Waals surface area contributed by atoms with Crippen LogP contribution in [0.15, 0.2) is 30.3 Å². The molecular weight excluding hydrogens is 378 g/mol. The van der Waals surface area contributed by atoms with Crippen LogP contribution in [0.5, 0.6) is 0 Å². The van der Waals surface area contributed by atoms with Crippen molar-refractivity contribution >= 4 is 34.8 Å². The Morgan fingerprint density at radius 1 is 1.26 bits per heavy atom. The summed E-state index contributed by atoms with van der Waals surface area (Å²) in [5, 5.41) is 16.8. The maximum absolute atomic E-state index is 13.6. The number of hydrogen-bond donors (Lipinski definition) is 3. The van der Waals surface area contributed by atoms with Crippen LogP contribution in [-0.2, 0) is 7.05 Å². The maximum atomic E-state index is 13.6. The van der Waals surface area contributed by atoms with Gasteiger partial charge in [-0.15, -0.1) is 0 Å². The molecule has 0 amide bonds.